The number of ether oxygens (including phenoxy) is 1. The van der Waals surface area contributed by atoms with Gasteiger partial charge in [-0.2, -0.15) is 0 Å². The van der Waals surface area contributed by atoms with E-state index in [4.69, 9.17) is 4.74 Å². The highest BCUT2D eigenvalue weighted by atomic mass is 32.2. The number of hydrogen-bond acceptors (Lipinski definition) is 4. The summed E-state index contributed by atoms with van der Waals surface area (Å²) in [4.78, 5) is 0. The van der Waals surface area contributed by atoms with Gasteiger partial charge in [-0.3, -0.25) is 0 Å². The molecule has 2 rings (SSSR count). The lowest BCUT2D eigenvalue weighted by molar-refractivity contribution is -0.0299. The fourth-order valence-corrected chi connectivity index (χ4v) is 3.49. The van der Waals surface area contributed by atoms with Gasteiger partial charge in [0.1, 0.15) is 0 Å². The van der Waals surface area contributed by atoms with Crippen LogP contribution in [0.1, 0.15) is 26.2 Å². The number of hydrogen-bond donors (Lipinski definition) is 2. The van der Waals surface area contributed by atoms with E-state index in [0.29, 0.717) is 6.61 Å². The van der Waals surface area contributed by atoms with Crippen molar-refractivity contribution in [2.24, 2.45) is 0 Å². The first-order valence-electron chi connectivity index (χ1n) is 5.93. The Hall–Kier alpha value is -0.170. The van der Waals surface area contributed by atoms with Crippen LogP contribution in [-0.2, 0) is 14.8 Å². The van der Waals surface area contributed by atoms with Crippen LogP contribution in [-0.4, -0.2) is 45.5 Å². The maximum atomic E-state index is 11.6. The Morgan fingerprint density at radius 3 is 2.75 bits per heavy atom. The summed E-state index contributed by atoms with van der Waals surface area (Å²) in [5.41, 5.74) is -0.256. The molecule has 1 spiro atoms. The smallest absolute Gasteiger partial charge is 0.211 e. The van der Waals surface area contributed by atoms with Gasteiger partial charge in [0.05, 0.1) is 17.4 Å². The predicted octanol–water partition coefficient (Wildman–Crippen LogP) is -0.163. The van der Waals surface area contributed by atoms with E-state index in [0.717, 1.165) is 32.4 Å². The van der Waals surface area contributed by atoms with Crippen molar-refractivity contribution in [1.82, 2.24) is 10.0 Å². The fraction of sp³-hybridized carbons (Fsp3) is 1.00. The fourth-order valence-electron chi connectivity index (χ4n) is 2.55. The molecular formula is C10H20N2O3S. The maximum Gasteiger partial charge on any atom is 0.211 e. The minimum atomic E-state index is -3.13. The third-order valence-electron chi connectivity index (χ3n) is 3.58. The highest BCUT2D eigenvalue weighted by molar-refractivity contribution is 7.89. The van der Waals surface area contributed by atoms with Gasteiger partial charge in [-0.05, 0) is 39.3 Å². The Balaban J connectivity index is 2.08. The van der Waals surface area contributed by atoms with E-state index in [1.807, 2.05) is 0 Å². The first-order valence-corrected chi connectivity index (χ1v) is 7.58. The minimum absolute atomic E-state index is 0.0421. The number of rotatable bonds is 3. The standard InChI is InChI=1S/C10H20N2O3S/c1-2-16(13,14)12-9-3-8-15-10(9)4-6-11-7-5-10/h9,11-12H,2-8H2,1H3. The van der Waals surface area contributed by atoms with Gasteiger partial charge in [0.15, 0.2) is 0 Å². The van der Waals surface area contributed by atoms with E-state index in [1.165, 1.54) is 0 Å². The van der Waals surface area contributed by atoms with Crippen LogP contribution in [0.3, 0.4) is 0 Å². The molecule has 0 saturated carbocycles. The van der Waals surface area contributed by atoms with Gasteiger partial charge in [-0.15, -0.1) is 0 Å². The van der Waals surface area contributed by atoms with Crippen molar-refractivity contribution >= 4 is 10.0 Å². The second kappa shape index (κ2) is 4.60. The molecule has 0 radical (unpaired) electrons. The van der Waals surface area contributed by atoms with E-state index in [1.54, 1.807) is 6.92 Å². The zero-order valence-electron chi connectivity index (χ0n) is 9.66. The second-order valence-electron chi connectivity index (χ2n) is 4.53. The molecule has 2 N–H and O–H groups in total. The van der Waals surface area contributed by atoms with Crippen LogP contribution < -0.4 is 10.0 Å². The molecular weight excluding hydrogens is 228 g/mol. The molecule has 16 heavy (non-hydrogen) atoms. The Kier molecular flexibility index (Phi) is 3.53. The second-order valence-corrected chi connectivity index (χ2v) is 6.57. The van der Waals surface area contributed by atoms with Gasteiger partial charge in [0, 0.05) is 6.61 Å². The number of piperidine rings is 1. The molecule has 0 aromatic rings. The molecule has 0 aliphatic carbocycles. The van der Waals surface area contributed by atoms with Gasteiger partial charge >= 0.3 is 0 Å². The molecule has 0 bridgehead atoms. The van der Waals surface area contributed by atoms with Crippen LogP contribution in [0.5, 0.6) is 0 Å². The Morgan fingerprint density at radius 1 is 1.44 bits per heavy atom. The average Bonchev–Trinajstić information content (AvgIpc) is 2.62. The van der Waals surface area contributed by atoms with E-state index in [9.17, 15) is 8.42 Å². The van der Waals surface area contributed by atoms with Crippen LogP contribution in [0, 0.1) is 0 Å². The minimum Gasteiger partial charge on any atom is -0.373 e. The van der Waals surface area contributed by atoms with Gasteiger partial charge in [-0.1, -0.05) is 0 Å². The first-order chi connectivity index (χ1) is 7.58. The Morgan fingerprint density at radius 2 is 2.12 bits per heavy atom. The van der Waals surface area contributed by atoms with Gasteiger partial charge in [-0.25, -0.2) is 13.1 Å². The van der Waals surface area contributed by atoms with Crippen molar-refractivity contribution in [1.29, 1.82) is 0 Å². The lowest BCUT2D eigenvalue weighted by Crippen LogP contribution is -2.55. The van der Waals surface area contributed by atoms with Crippen molar-refractivity contribution in [3.8, 4) is 0 Å². The quantitative estimate of drug-likeness (QED) is 0.728. The predicted molar refractivity (Wildman–Crippen MR) is 61.8 cm³/mol. The van der Waals surface area contributed by atoms with Crippen molar-refractivity contribution in [2.75, 3.05) is 25.4 Å². The summed E-state index contributed by atoms with van der Waals surface area (Å²) in [5, 5.41) is 3.28. The van der Waals surface area contributed by atoms with E-state index < -0.39 is 10.0 Å². The summed E-state index contributed by atoms with van der Waals surface area (Å²) in [5.74, 6) is 0.137. The molecule has 2 aliphatic heterocycles. The zero-order chi connectivity index (χ0) is 11.6. The molecule has 1 unspecified atom stereocenters. The van der Waals surface area contributed by atoms with Crippen molar-refractivity contribution in [3.05, 3.63) is 0 Å². The Labute approximate surface area is 97.0 Å². The van der Waals surface area contributed by atoms with E-state index >= 15 is 0 Å². The topological polar surface area (TPSA) is 67.4 Å². The molecule has 2 aliphatic rings. The van der Waals surface area contributed by atoms with Crippen LogP contribution in [0.4, 0.5) is 0 Å². The van der Waals surface area contributed by atoms with Crippen LogP contribution >= 0.6 is 0 Å². The lowest BCUT2D eigenvalue weighted by Gasteiger charge is -2.38. The highest BCUT2D eigenvalue weighted by Crippen LogP contribution is 2.34. The van der Waals surface area contributed by atoms with Gasteiger partial charge < -0.3 is 10.1 Å². The molecule has 0 aromatic heterocycles. The van der Waals surface area contributed by atoms with Gasteiger partial charge in [0.2, 0.25) is 10.0 Å². The van der Waals surface area contributed by atoms with Crippen molar-refractivity contribution in [3.63, 3.8) is 0 Å². The first kappa shape index (κ1) is 12.3. The SMILES string of the molecule is CCS(=O)(=O)NC1CCOC12CCNCC2. The van der Waals surface area contributed by atoms with Crippen LogP contribution in [0.25, 0.3) is 0 Å². The highest BCUT2D eigenvalue weighted by Gasteiger charge is 2.46. The third kappa shape index (κ3) is 2.40. The molecule has 2 heterocycles. The molecule has 94 valence electrons. The van der Waals surface area contributed by atoms with Gasteiger partial charge in [0.25, 0.3) is 0 Å². The van der Waals surface area contributed by atoms with Crippen LogP contribution in [0.15, 0.2) is 0 Å². The summed E-state index contributed by atoms with van der Waals surface area (Å²) in [6.45, 7) is 4.14. The lowest BCUT2D eigenvalue weighted by atomic mass is 9.86. The normalized spacial score (nSPS) is 29.7. The summed E-state index contributed by atoms with van der Waals surface area (Å²) < 4.78 is 31.8. The maximum absolute atomic E-state index is 11.6. The monoisotopic (exact) mass is 248 g/mol. The summed E-state index contributed by atoms with van der Waals surface area (Å²) in [6, 6.07) is -0.0421. The molecule has 1 atom stereocenters. The average molecular weight is 248 g/mol. The van der Waals surface area contributed by atoms with E-state index in [2.05, 4.69) is 10.0 Å². The van der Waals surface area contributed by atoms with Crippen molar-refractivity contribution < 1.29 is 13.2 Å². The van der Waals surface area contributed by atoms with E-state index in [-0.39, 0.29) is 17.4 Å². The summed E-state index contributed by atoms with van der Waals surface area (Å²) in [7, 11) is -3.13. The molecule has 2 fully saturated rings. The van der Waals surface area contributed by atoms with Crippen molar-refractivity contribution in [2.45, 2.75) is 37.8 Å². The summed E-state index contributed by atoms with van der Waals surface area (Å²) >= 11 is 0. The number of nitrogens with one attached hydrogen (secondary N) is 2. The number of sulfonamides is 1. The molecule has 5 nitrogen and oxygen atoms in total. The molecule has 0 aromatic carbocycles. The molecule has 0 amide bonds. The summed E-state index contributed by atoms with van der Waals surface area (Å²) in [6.07, 6.45) is 2.58. The molecule has 6 heteroatoms. The van der Waals surface area contributed by atoms with Crippen LogP contribution in [0.2, 0.25) is 0 Å². The Bertz CT molecular complexity index is 336. The third-order valence-corrected chi connectivity index (χ3v) is 4.99. The molecule has 2 saturated heterocycles. The zero-order valence-corrected chi connectivity index (χ0v) is 10.5. The largest absolute Gasteiger partial charge is 0.373 e.